The van der Waals surface area contributed by atoms with Crippen LogP contribution in [0.15, 0.2) is 0 Å². The van der Waals surface area contributed by atoms with Crippen molar-refractivity contribution >= 4 is 11.8 Å². The molecule has 0 amide bonds. The van der Waals surface area contributed by atoms with E-state index in [1.807, 2.05) is 25.6 Å². The molecule has 2 heteroatoms. The van der Waals surface area contributed by atoms with E-state index >= 15 is 0 Å². The fraction of sp³-hybridized carbons (Fsp3) is 0.889. The molecule has 1 rings (SSSR count). The zero-order valence-corrected chi connectivity index (χ0v) is 8.50. The molecule has 0 N–H and O–H groups in total. The van der Waals surface area contributed by atoms with E-state index in [4.69, 9.17) is 5.26 Å². The van der Waals surface area contributed by atoms with E-state index in [-0.39, 0.29) is 5.41 Å². The molecule has 0 atom stereocenters. The molecule has 0 aromatic carbocycles. The maximum Gasteiger partial charge on any atom is 0.0687 e. The van der Waals surface area contributed by atoms with Crippen LogP contribution in [-0.2, 0) is 0 Å². The lowest BCUT2D eigenvalue weighted by Crippen LogP contribution is -2.19. The summed E-state index contributed by atoms with van der Waals surface area (Å²) in [5, 5.41) is 8.69. The van der Waals surface area contributed by atoms with Crippen LogP contribution in [0, 0.1) is 16.7 Å². The van der Waals surface area contributed by atoms with Crippen molar-refractivity contribution in [3.63, 3.8) is 0 Å². The maximum atomic E-state index is 8.69. The van der Waals surface area contributed by atoms with E-state index in [9.17, 15) is 0 Å². The number of thioether (sulfide) groups is 1. The molecule has 0 saturated carbocycles. The number of nitriles is 1. The molecule has 64 valence electrons. The molecule has 0 aliphatic carbocycles. The molecule has 1 saturated heterocycles. The quantitative estimate of drug-likeness (QED) is 0.559. The van der Waals surface area contributed by atoms with Gasteiger partial charge in [0.15, 0.2) is 0 Å². The first-order chi connectivity index (χ1) is 5.27. The fourth-order valence-electron chi connectivity index (χ4n) is 0.934. The topological polar surface area (TPSA) is 23.8 Å². The van der Waals surface area contributed by atoms with Crippen LogP contribution in [0.1, 0.15) is 33.6 Å². The molecular weight excluding hydrogens is 154 g/mol. The van der Waals surface area contributed by atoms with Crippen molar-refractivity contribution in [3.8, 4) is 6.07 Å². The predicted molar refractivity (Wildman–Crippen MR) is 51.6 cm³/mol. The Morgan fingerprint density at radius 1 is 1.27 bits per heavy atom. The Bertz CT molecular complexity index is 131. The van der Waals surface area contributed by atoms with Crippen molar-refractivity contribution in [2.45, 2.75) is 33.6 Å². The molecular formula is C9H17NS. The molecule has 0 aromatic rings. The number of hydrogen-bond donors (Lipinski definition) is 0. The summed E-state index contributed by atoms with van der Waals surface area (Å²) >= 11 is 1.96. The van der Waals surface area contributed by atoms with Crippen molar-refractivity contribution in [2.75, 3.05) is 11.5 Å². The Labute approximate surface area is 74.2 Å². The first kappa shape index (κ1) is 10.8. The third kappa shape index (κ3) is 3.67. The van der Waals surface area contributed by atoms with E-state index in [2.05, 4.69) is 13.0 Å². The van der Waals surface area contributed by atoms with Crippen molar-refractivity contribution in [1.82, 2.24) is 0 Å². The lowest BCUT2D eigenvalue weighted by atomic mass is 9.86. The summed E-state index contributed by atoms with van der Waals surface area (Å²) in [7, 11) is 0. The van der Waals surface area contributed by atoms with Crippen LogP contribution in [0.25, 0.3) is 0 Å². The summed E-state index contributed by atoms with van der Waals surface area (Å²) in [4.78, 5) is 0. The largest absolute Gasteiger partial charge is 0.198 e. The monoisotopic (exact) mass is 171 g/mol. The second kappa shape index (κ2) is 5.49. The van der Waals surface area contributed by atoms with Crippen molar-refractivity contribution in [2.24, 2.45) is 5.41 Å². The van der Waals surface area contributed by atoms with Gasteiger partial charge < -0.3 is 0 Å². The molecule has 0 aromatic heterocycles. The van der Waals surface area contributed by atoms with Crippen LogP contribution in [0.4, 0.5) is 0 Å². The van der Waals surface area contributed by atoms with Gasteiger partial charge in [0.05, 0.1) is 11.5 Å². The van der Waals surface area contributed by atoms with Gasteiger partial charge in [-0.2, -0.15) is 17.0 Å². The maximum absolute atomic E-state index is 8.69. The normalized spacial score (nSPS) is 20.9. The molecule has 0 spiro atoms. The van der Waals surface area contributed by atoms with Crippen molar-refractivity contribution in [3.05, 3.63) is 0 Å². The second-order valence-electron chi connectivity index (χ2n) is 2.78. The third-order valence-electron chi connectivity index (χ3n) is 1.87. The Morgan fingerprint density at radius 3 is 2.00 bits per heavy atom. The first-order valence-electron chi connectivity index (χ1n) is 4.26. The van der Waals surface area contributed by atoms with Gasteiger partial charge in [0, 0.05) is 0 Å². The molecule has 1 heterocycles. The summed E-state index contributed by atoms with van der Waals surface area (Å²) in [6.45, 7) is 6.06. The minimum Gasteiger partial charge on any atom is -0.198 e. The standard InChI is InChI=1S/C7H11NS.C2H6/c1-7(6-8)2-4-9-5-3-7;1-2/h2-5H2,1H3;1-2H3. The van der Waals surface area contributed by atoms with Gasteiger partial charge in [-0.3, -0.25) is 0 Å². The number of nitrogens with zero attached hydrogens (tertiary/aromatic N) is 1. The molecule has 11 heavy (non-hydrogen) atoms. The van der Waals surface area contributed by atoms with Crippen LogP contribution in [0.3, 0.4) is 0 Å². The lowest BCUT2D eigenvalue weighted by molar-refractivity contribution is 0.408. The second-order valence-corrected chi connectivity index (χ2v) is 4.01. The Hall–Kier alpha value is -0.160. The zero-order chi connectivity index (χ0) is 8.74. The van der Waals surface area contributed by atoms with Gasteiger partial charge >= 0.3 is 0 Å². The van der Waals surface area contributed by atoms with E-state index < -0.39 is 0 Å². The Kier molecular flexibility index (Phi) is 5.41. The third-order valence-corrected chi connectivity index (χ3v) is 2.85. The highest BCUT2D eigenvalue weighted by molar-refractivity contribution is 7.99. The highest BCUT2D eigenvalue weighted by Gasteiger charge is 2.25. The lowest BCUT2D eigenvalue weighted by Gasteiger charge is -2.25. The molecule has 1 nitrogen and oxygen atoms in total. The van der Waals surface area contributed by atoms with Crippen LogP contribution in [0.2, 0.25) is 0 Å². The van der Waals surface area contributed by atoms with Crippen molar-refractivity contribution in [1.29, 1.82) is 5.26 Å². The van der Waals surface area contributed by atoms with Crippen molar-refractivity contribution < 1.29 is 0 Å². The summed E-state index contributed by atoms with van der Waals surface area (Å²) in [5.74, 6) is 2.34. The minimum atomic E-state index is 0.00521. The van der Waals surface area contributed by atoms with Gasteiger partial charge in [0.1, 0.15) is 0 Å². The average molecular weight is 171 g/mol. The number of rotatable bonds is 0. The molecule has 0 bridgehead atoms. The first-order valence-corrected chi connectivity index (χ1v) is 5.41. The van der Waals surface area contributed by atoms with Gasteiger partial charge in [-0.05, 0) is 31.3 Å². The molecule has 1 aliphatic heterocycles. The molecule has 1 aliphatic rings. The van der Waals surface area contributed by atoms with Gasteiger partial charge in [-0.15, -0.1) is 0 Å². The van der Waals surface area contributed by atoms with E-state index in [1.165, 1.54) is 11.5 Å². The smallest absolute Gasteiger partial charge is 0.0687 e. The zero-order valence-electron chi connectivity index (χ0n) is 7.68. The van der Waals surface area contributed by atoms with Crippen LogP contribution in [-0.4, -0.2) is 11.5 Å². The van der Waals surface area contributed by atoms with Gasteiger partial charge in [-0.25, -0.2) is 0 Å². The van der Waals surface area contributed by atoms with Crippen LogP contribution < -0.4 is 0 Å². The van der Waals surface area contributed by atoms with Gasteiger partial charge in [-0.1, -0.05) is 13.8 Å². The van der Waals surface area contributed by atoms with Crippen LogP contribution >= 0.6 is 11.8 Å². The fourth-order valence-corrected chi connectivity index (χ4v) is 2.33. The number of hydrogen-bond acceptors (Lipinski definition) is 2. The predicted octanol–water partition coefficient (Wildman–Crippen LogP) is 3.07. The summed E-state index contributed by atoms with van der Waals surface area (Å²) in [6.07, 6.45) is 2.16. The van der Waals surface area contributed by atoms with Crippen LogP contribution in [0.5, 0.6) is 0 Å². The van der Waals surface area contributed by atoms with Gasteiger partial charge in [0.2, 0.25) is 0 Å². The molecule has 0 radical (unpaired) electrons. The van der Waals surface area contributed by atoms with E-state index in [0.717, 1.165) is 12.8 Å². The highest BCUT2D eigenvalue weighted by Crippen LogP contribution is 2.33. The molecule has 0 unspecified atom stereocenters. The summed E-state index contributed by atoms with van der Waals surface area (Å²) < 4.78 is 0. The van der Waals surface area contributed by atoms with E-state index in [1.54, 1.807) is 0 Å². The average Bonchev–Trinajstić information content (AvgIpc) is 2.10. The molecule has 1 fully saturated rings. The Morgan fingerprint density at radius 2 is 1.73 bits per heavy atom. The SMILES string of the molecule is CC.CC1(C#N)CCSCC1. The van der Waals surface area contributed by atoms with E-state index in [0.29, 0.717) is 0 Å². The van der Waals surface area contributed by atoms with Gasteiger partial charge in [0.25, 0.3) is 0 Å². The minimum absolute atomic E-state index is 0.00521. The Balaban J connectivity index is 0.000000461. The summed E-state index contributed by atoms with van der Waals surface area (Å²) in [6, 6.07) is 2.37. The highest BCUT2D eigenvalue weighted by atomic mass is 32.2. The summed E-state index contributed by atoms with van der Waals surface area (Å²) in [5.41, 5.74) is 0.00521.